The average Bonchev–Trinajstić information content (AvgIpc) is 2.74. The number of nitrogens with one attached hydrogen (secondary N) is 1. The summed E-state index contributed by atoms with van der Waals surface area (Å²) in [4.78, 5) is 12.7. The number of benzene rings is 3. The van der Waals surface area contributed by atoms with E-state index in [9.17, 15) is 13.2 Å². The topological polar surface area (TPSA) is 75.7 Å². The number of para-hydroxylation sites is 3. The minimum absolute atomic E-state index is 0.0229. The van der Waals surface area contributed by atoms with E-state index >= 15 is 0 Å². The highest BCUT2D eigenvalue weighted by atomic mass is 32.2. The predicted molar refractivity (Wildman–Crippen MR) is 114 cm³/mol. The number of hydrogen-bond donors (Lipinski definition) is 1. The highest BCUT2D eigenvalue weighted by Gasteiger charge is 2.25. The van der Waals surface area contributed by atoms with Crippen LogP contribution in [0.15, 0.2) is 77.7 Å². The largest absolute Gasteiger partial charge is 0.495 e. The van der Waals surface area contributed by atoms with E-state index < -0.39 is 10.0 Å². The van der Waals surface area contributed by atoms with Gasteiger partial charge >= 0.3 is 0 Å². The zero-order chi connectivity index (χ0) is 21.0. The SMILES string of the molecule is COc1ccccc1N(C)S(=O)(=O)c1ccc(C)c(C(=O)Nc2ccccc2)c1. The van der Waals surface area contributed by atoms with Crippen LogP contribution in [0.2, 0.25) is 0 Å². The van der Waals surface area contributed by atoms with E-state index in [4.69, 9.17) is 4.74 Å². The summed E-state index contributed by atoms with van der Waals surface area (Å²) in [5, 5.41) is 2.79. The highest BCUT2D eigenvalue weighted by molar-refractivity contribution is 7.92. The smallest absolute Gasteiger partial charge is 0.264 e. The standard InChI is InChI=1S/C22H22N2O4S/c1-16-13-14-18(15-19(16)22(25)23-17-9-5-4-6-10-17)29(26,27)24(2)20-11-7-8-12-21(20)28-3/h4-15H,1-3H3,(H,23,25). The molecule has 0 saturated heterocycles. The average molecular weight is 410 g/mol. The second-order valence-corrected chi connectivity index (χ2v) is 8.41. The second-order valence-electron chi connectivity index (χ2n) is 6.44. The van der Waals surface area contributed by atoms with Crippen LogP contribution in [0.25, 0.3) is 0 Å². The Morgan fingerprint density at radius 2 is 1.62 bits per heavy atom. The molecular formula is C22H22N2O4S. The molecule has 3 rings (SSSR count). The van der Waals surface area contributed by atoms with Crippen LogP contribution in [0.5, 0.6) is 5.75 Å². The van der Waals surface area contributed by atoms with Crippen LogP contribution in [0, 0.1) is 6.92 Å². The minimum Gasteiger partial charge on any atom is -0.495 e. The fraction of sp³-hybridized carbons (Fsp3) is 0.136. The number of methoxy groups -OCH3 is 1. The lowest BCUT2D eigenvalue weighted by Gasteiger charge is -2.22. The Morgan fingerprint density at radius 1 is 0.966 bits per heavy atom. The number of sulfonamides is 1. The number of amides is 1. The molecule has 0 aromatic heterocycles. The second kappa shape index (κ2) is 8.36. The molecule has 0 fully saturated rings. The molecule has 150 valence electrons. The van der Waals surface area contributed by atoms with Crippen LogP contribution in [-0.2, 0) is 10.0 Å². The summed E-state index contributed by atoms with van der Waals surface area (Å²) in [7, 11) is -0.958. The molecule has 3 aromatic rings. The van der Waals surface area contributed by atoms with E-state index in [1.807, 2.05) is 18.2 Å². The quantitative estimate of drug-likeness (QED) is 0.664. The number of ether oxygens (including phenoxy) is 1. The highest BCUT2D eigenvalue weighted by Crippen LogP contribution is 2.31. The fourth-order valence-corrected chi connectivity index (χ4v) is 4.14. The molecular weight excluding hydrogens is 388 g/mol. The third-order valence-electron chi connectivity index (χ3n) is 4.57. The van der Waals surface area contributed by atoms with Crippen molar-refractivity contribution in [2.24, 2.45) is 0 Å². The number of nitrogens with zero attached hydrogens (tertiary/aromatic N) is 1. The molecule has 1 amide bonds. The van der Waals surface area contributed by atoms with Gasteiger partial charge in [-0.25, -0.2) is 8.42 Å². The lowest BCUT2D eigenvalue weighted by atomic mass is 10.1. The van der Waals surface area contributed by atoms with Crippen molar-refractivity contribution in [3.05, 3.63) is 83.9 Å². The van der Waals surface area contributed by atoms with Crippen molar-refractivity contribution < 1.29 is 17.9 Å². The first kappa shape index (κ1) is 20.4. The van der Waals surface area contributed by atoms with Crippen molar-refractivity contribution in [1.82, 2.24) is 0 Å². The van der Waals surface area contributed by atoms with E-state index in [1.54, 1.807) is 49.4 Å². The Kier molecular flexibility index (Phi) is 5.89. The lowest BCUT2D eigenvalue weighted by Crippen LogP contribution is -2.27. The summed E-state index contributed by atoms with van der Waals surface area (Å²) in [6.07, 6.45) is 0. The van der Waals surface area contributed by atoms with Crippen LogP contribution < -0.4 is 14.4 Å². The molecule has 0 aliphatic rings. The number of rotatable bonds is 6. The maximum Gasteiger partial charge on any atom is 0.264 e. The molecule has 3 aromatic carbocycles. The van der Waals surface area contributed by atoms with Gasteiger partial charge in [0.1, 0.15) is 5.75 Å². The van der Waals surface area contributed by atoms with Crippen molar-refractivity contribution >= 4 is 27.3 Å². The van der Waals surface area contributed by atoms with E-state index in [0.717, 1.165) is 4.31 Å². The third-order valence-corrected chi connectivity index (χ3v) is 6.34. The first-order chi connectivity index (χ1) is 13.8. The maximum atomic E-state index is 13.2. The van der Waals surface area contributed by atoms with Gasteiger partial charge in [-0.05, 0) is 48.9 Å². The first-order valence-electron chi connectivity index (χ1n) is 8.93. The third kappa shape index (κ3) is 4.25. The molecule has 0 aliphatic carbocycles. The molecule has 7 heteroatoms. The van der Waals surface area contributed by atoms with Gasteiger partial charge in [0.05, 0.1) is 17.7 Å². The van der Waals surface area contributed by atoms with Crippen molar-refractivity contribution in [2.45, 2.75) is 11.8 Å². The maximum absolute atomic E-state index is 13.2. The molecule has 0 heterocycles. The molecule has 0 unspecified atom stereocenters. The number of aryl methyl sites for hydroxylation is 1. The molecule has 6 nitrogen and oxygen atoms in total. The van der Waals surface area contributed by atoms with Gasteiger partial charge in [0.25, 0.3) is 15.9 Å². The Hall–Kier alpha value is -3.32. The molecule has 0 radical (unpaired) electrons. The fourth-order valence-electron chi connectivity index (χ4n) is 2.90. The van der Waals surface area contributed by atoms with Gasteiger partial charge in [-0.3, -0.25) is 9.10 Å². The van der Waals surface area contributed by atoms with Crippen molar-refractivity contribution in [2.75, 3.05) is 23.8 Å². The Labute approximate surface area is 170 Å². The van der Waals surface area contributed by atoms with Crippen molar-refractivity contribution in [3.8, 4) is 5.75 Å². The van der Waals surface area contributed by atoms with E-state index in [0.29, 0.717) is 28.3 Å². The summed E-state index contributed by atoms with van der Waals surface area (Å²) < 4.78 is 32.8. The molecule has 0 aliphatic heterocycles. The van der Waals surface area contributed by atoms with Crippen molar-refractivity contribution in [3.63, 3.8) is 0 Å². The molecule has 0 bridgehead atoms. The van der Waals surface area contributed by atoms with E-state index in [2.05, 4.69) is 5.32 Å². The first-order valence-corrected chi connectivity index (χ1v) is 10.4. The Balaban J connectivity index is 1.96. The van der Waals surface area contributed by atoms with Crippen LogP contribution in [-0.4, -0.2) is 28.5 Å². The van der Waals surface area contributed by atoms with Crippen LogP contribution in [0.3, 0.4) is 0 Å². The van der Waals surface area contributed by atoms with Gasteiger partial charge in [0.15, 0.2) is 0 Å². The summed E-state index contributed by atoms with van der Waals surface area (Å²) in [5.74, 6) is 0.0680. The molecule has 1 N–H and O–H groups in total. The molecule has 29 heavy (non-hydrogen) atoms. The molecule has 0 spiro atoms. The summed E-state index contributed by atoms with van der Waals surface area (Å²) in [6.45, 7) is 1.76. The lowest BCUT2D eigenvalue weighted by molar-refractivity contribution is 0.102. The van der Waals surface area contributed by atoms with E-state index in [1.165, 1.54) is 26.3 Å². The van der Waals surface area contributed by atoms with Gasteiger partial charge in [0.2, 0.25) is 0 Å². The predicted octanol–water partition coefficient (Wildman–Crippen LogP) is 4.08. The Morgan fingerprint density at radius 3 is 2.31 bits per heavy atom. The summed E-state index contributed by atoms with van der Waals surface area (Å²) in [6, 6.07) is 20.4. The Bertz CT molecular complexity index is 1130. The number of anilines is 2. The number of carbonyl (C=O) groups is 1. The van der Waals surface area contributed by atoms with Crippen molar-refractivity contribution in [1.29, 1.82) is 0 Å². The van der Waals surface area contributed by atoms with Gasteiger partial charge in [-0.2, -0.15) is 0 Å². The van der Waals surface area contributed by atoms with Gasteiger partial charge in [-0.15, -0.1) is 0 Å². The summed E-state index contributed by atoms with van der Waals surface area (Å²) in [5.41, 5.74) is 2.02. The molecule has 0 atom stereocenters. The van der Waals surface area contributed by atoms with Gasteiger partial charge in [0, 0.05) is 18.3 Å². The summed E-state index contributed by atoms with van der Waals surface area (Å²) >= 11 is 0. The van der Waals surface area contributed by atoms with E-state index in [-0.39, 0.29) is 10.8 Å². The minimum atomic E-state index is -3.90. The monoisotopic (exact) mass is 410 g/mol. The van der Waals surface area contributed by atoms with Gasteiger partial charge < -0.3 is 10.1 Å². The van der Waals surface area contributed by atoms with Crippen LogP contribution in [0.4, 0.5) is 11.4 Å². The number of hydrogen-bond acceptors (Lipinski definition) is 4. The molecule has 0 saturated carbocycles. The van der Waals surface area contributed by atoms with Crippen LogP contribution >= 0.6 is 0 Å². The normalized spacial score (nSPS) is 11.0. The van der Waals surface area contributed by atoms with Crippen LogP contribution in [0.1, 0.15) is 15.9 Å². The van der Waals surface area contributed by atoms with Gasteiger partial charge in [-0.1, -0.05) is 36.4 Å². The zero-order valence-corrected chi connectivity index (χ0v) is 17.2. The number of carbonyl (C=O) groups excluding carboxylic acids is 1. The zero-order valence-electron chi connectivity index (χ0n) is 16.4.